The molecule has 20 heavy (non-hydrogen) atoms. The van der Waals surface area contributed by atoms with Crippen LogP contribution in [0, 0.1) is 5.82 Å². The average molecular weight is 342 g/mol. The van der Waals surface area contributed by atoms with Crippen molar-refractivity contribution in [2.45, 2.75) is 12.6 Å². The Morgan fingerprint density at radius 2 is 2.20 bits per heavy atom. The highest BCUT2D eigenvalue weighted by atomic mass is 79.9. The highest BCUT2D eigenvalue weighted by Gasteiger charge is 2.20. The Morgan fingerprint density at radius 1 is 1.45 bits per heavy atom. The maximum absolute atomic E-state index is 13.3. The molecular formula is C14H17BrFN3O. The van der Waals surface area contributed by atoms with Gasteiger partial charge in [0.15, 0.2) is 0 Å². The van der Waals surface area contributed by atoms with Crippen molar-refractivity contribution in [1.29, 1.82) is 0 Å². The molecule has 0 saturated carbocycles. The van der Waals surface area contributed by atoms with Gasteiger partial charge >= 0.3 is 0 Å². The number of rotatable bonds is 5. The largest absolute Gasteiger partial charge is 0.382 e. The molecule has 0 fully saturated rings. The molecule has 2 rings (SSSR count). The smallest absolute Gasteiger partial charge is 0.123 e. The van der Waals surface area contributed by atoms with Crippen LogP contribution < -0.4 is 0 Å². The lowest BCUT2D eigenvalue weighted by Gasteiger charge is -2.16. The molecular weight excluding hydrogens is 325 g/mol. The van der Waals surface area contributed by atoms with Crippen molar-refractivity contribution in [1.82, 2.24) is 14.7 Å². The summed E-state index contributed by atoms with van der Waals surface area (Å²) in [6, 6.07) is 5.97. The van der Waals surface area contributed by atoms with Crippen LogP contribution in [-0.2, 0) is 6.54 Å². The minimum absolute atomic E-state index is 0.364. The lowest BCUT2D eigenvalue weighted by atomic mass is 10.1. The lowest BCUT2D eigenvalue weighted by molar-refractivity contribution is 0.204. The fourth-order valence-electron chi connectivity index (χ4n) is 1.95. The molecule has 1 aromatic carbocycles. The third kappa shape index (κ3) is 3.45. The molecule has 0 aliphatic heterocycles. The molecule has 2 aromatic rings. The van der Waals surface area contributed by atoms with Crippen molar-refractivity contribution in [3.8, 4) is 0 Å². The molecule has 0 aliphatic rings. The van der Waals surface area contributed by atoms with Crippen LogP contribution in [0.25, 0.3) is 0 Å². The molecule has 4 nitrogen and oxygen atoms in total. The first-order chi connectivity index (χ1) is 9.49. The van der Waals surface area contributed by atoms with Crippen LogP contribution in [0.2, 0.25) is 0 Å². The maximum atomic E-state index is 13.3. The normalized spacial score (nSPS) is 12.9. The van der Waals surface area contributed by atoms with E-state index < -0.39 is 6.10 Å². The summed E-state index contributed by atoms with van der Waals surface area (Å²) >= 11 is 3.39. The Balaban J connectivity index is 2.29. The number of halogens is 2. The first kappa shape index (κ1) is 15.2. The first-order valence-electron chi connectivity index (χ1n) is 6.28. The van der Waals surface area contributed by atoms with Crippen molar-refractivity contribution in [3.05, 3.63) is 52.0 Å². The van der Waals surface area contributed by atoms with Crippen LogP contribution in [0.4, 0.5) is 4.39 Å². The zero-order valence-electron chi connectivity index (χ0n) is 11.4. The summed E-state index contributed by atoms with van der Waals surface area (Å²) in [6.45, 7) is 1.46. The van der Waals surface area contributed by atoms with E-state index in [4.69, 9.17) is 0 Å². The number of aliphatic hydroxyl groups excluding tert-OH is 1. The Bertz CT molecular complexity index is 586. The minimum Gasteiger partial charge on any atom is -0.382 e. The quantitative estimate of drug-likeness (QED) is 0.908. The van der Waals surface area contributed by atoms with Gasteiger partial charge in [-0.3, -0.25) is 4.68 Å². The van der Waals surface area contributed by atoms with Crippen LogP contribution in [0.3, 0.4) is 0 Å². The molecule has 1 atom stereocenters. The Labute approximate surface area is 126 Å². The third-order valence-corrected chi connectivity index (χ3v) is 3.63. The monoisotopic (exact) mass is 341 g/mol. The van der Waals surface area contributed by atoms with Crippen molar-refractivity contribution >= 4 is 15.9 Å². The summed E-state index contributed by atoms with van der Waals surface area (Å²) in [5, 5.41) is 14.7. The van der Waals surface area contributed by atoms with Gasteiger partial charge in [-0.1, -0.05) is 12.1 Å². The lowest BCUT2D eigenvalue weighted by Crippen LogP contribution is -2.21. The second-order valence-corrected chi connectivity index (χ2v) is 5.72. The fraction of sp³-hybridized carbons (Fsp3) is 0.357. The molecule has 1 aromatic heterocycles. The number of aliphatic hydroxyl groups is 1. The zero-order chi connectivity index (χ0) is 14.7. The van der Waals surface area contributed by atoms with Crippen LogP contribution in [-0.4, -0.2) is 40.4 Å². The van der Waals surface area contributed by atoms with E-state index >= 15 is 0 Å². The number of nitrogens with zero attached hydrogens (tertiary/aromatic N) is 3. The first-order valence-corrected chi connectivity index (χ1v) is 7.08. The van der Waals surface area contributed by atoms with Gasteiger partial charge in [-0.25, -0.2) is 4.39 Å². The standard InChI is InChI=1S/C14H17BrFN3O/c1-18(2)6-7-19-13(12(15)9-17-19)14(20)10-4-3-5-11(16)8-10/h3-5,8-9,14,20H,6-7H2,1-2H3. The van der Waals surface area contributed by atoms with Gasteiger partial charge in [-0.05, 0) is 47.7 Å². The van der Waals surface area contributed by atoms with E-state index in [-0.39, 0.29) is 5.82 Å². The van der Waals surface area contributed by atoms with Gasteiger partial charge in [0.25, 0.3) is 0 Å². The van der Waals surface area contributed by atoms with Crippen molar-refractivity contribution in [3.63, 3.8) is 0 Å². The number of aromatic nitrogens is 2. The Kier molecular flexibility index (Phi) is 4.91. The van der Waals surface area contributed by atoms with E-state index in [1.165, 1.54) is 12.1 Å². The highest BCUT2D eigenvalue weighted by molar-refractivity contribution is 9.10. The second kappa shape index (κ2) is 6.47. The number of hydrogen-bond donors (Lipinski definition) is 1. The molecule has 6 heteroatoms. The summed E-state index contributed by atoms with van der Waals surface area (Å²) in [4.78, 5) is 2.04. The van der Waals surface area contributed by atoms with Gasteiger partial charge in [-0.15, -0.1) is 0 Å². The predicted molar refractivity (Wildman–Crippen MR) is 78.9 cm³/mol. The summed E-state index contributed by atoms with van der Waals surface area (Å²) in [5.41, 5.74) is 1.15. The molecule has 0 bridgehead atoms. The van der Waals surface area contributed by atoms with E-state index in [2.05, 4.69) is 21.0 Å². The maximum Gasteiger partial charge on any atom is 0.123 e. The van der Waals surface area contributed by atoms with Crippen LogP contribution in [0.1, 0.15) is 17.4 Å². The second-order valence-electron chi connectivity index (χ2n) is 4.86. The summed E-state index contributed by atoms with van der Waals surface area (Å²) in [6.07, 6.45) is 0.734. The molecule has 1 N–H and O–H groups in total. The van der Waals surface area contributed by atoms with Crippen LogP contribution in [0.15, 0.2) is 34.9 Å². The van der Waals surface area contributed by atoms with Gasteiger partial charge in [0.1, 0.15) is 11.9 Å². The highest BCUT2D eigenvalue weighted by Crippen LogP contribution is 2.28. The number of likely N-dealkylation sites (N-methyl/N-ethyl adjacent to an activating group) is 1. The van der Waals surface area contributed by atoms with Crippen molar-refractivity contribution < 1.29 is 9.50 Å². The van der Waals surface area contributed by atoms with Gasteiger partial charge in [0.05, 0.1) is 22.9 Å². The molecule has 0 radical (unpaired) electrons. The SMILES string of the molecule is CN(C)CCn1ncc(Br)c1C(O)c1cccc(F)c1. The predicted octanol–water partition coefficient (Wildman–Crippen LogP) is 2.43. The molecule has 1 unspecified atom stereocenters. The van der Waals surface area contributed by atoms with Crippen LogP contribution >= 0.6 is 15.9 Å². The zero-order valence-corrected chi connectivity index (χ0v) is 13.0. The Morgan fingerprint density at radius 3 is 2.85 bits per heavy atom. The van der Waals surface area contributed by atoms with Gasteiger partial charge in [0.2, 0.25) is 0 Å². The summed E-state index contributed by atoms with van der Waals surface area (Å²) < 4.78 is 15.7. The van der Waals surface area contributed by atoms with E-state index in [0.29, 0.717) is 22.3 Å². The van der Waals surface area contributed by atoms with E-state index in [9.17, 15) is 9.50 Å². The molecule has 0 aliphatic carbocycles. The van der Waals surface area contributed by atoms with Gasteiger partial charge in [-0.2, -0.15) is 5.10 Å². The van der Waals surface area contributed by atoms with E-state index in [0.717, 1.165) is 6.54 Å². The third-order valence-electron chi connectivity index (χ3n) is 3.02. The molecule has 0 saturated heterocycles. The van der Waals surface area contributed by atoms with E-state index in [1.807, 2.05) is 19.0 Å². The molecule has 1 heterocycles. The molecule has 0 amide bonds. The van der Waals surface area contributed by atoms with E-state index in [1.54, 1.807) is 23.0 Å². The topological polar surface area (TPSA) is 41.3 Å². The number of benzene rings is 1. The average Bonchev–Trinajstić information content (AvgIpc) is 2.76. The van der Waals surface area contributed by atoms with Gasteiger partial charge < -0.3 is 10.0 Å². The molecule has 108 valence electrons. The summed E-state index contributed by atoms with van der Waals surface area (Å²) in [5.74, 6) is -0.364. The van der Waals surface area contributed by atoms with Crippen LogP contribution in [0.5, 0.6) is 0 Å². The fourth-order valence-corrected chi connectivity index (χ4v) is 2.46. The minimum atomic E-state index is -0.912. The van der Waals surface area contributed by atoms with Crippen molar-refractivity contribution in [2.75, 3.05) is 20.6 Å². The number of hydrogen-bond acceptors (Lipinski definition) is 3. The van der Waals surface area contributed by atoms with Crippen molar-refractivity contribution in [2.24, 2.45) is 0 Å². The Hall–Kier alpha value is -1.24. The molecule has 0 spiro atoms. The van der Waals surface area contributed by atoms with Gasteiger partial charge in [0, 0.05) is 6.54 Å². The summed E-state index contributed by atoms with van der Waals surface area (Å²) in [7, 11) is 3.95.